The first-order chi connectivity index (χ1) is 19.2. The van der Waals surface area contributed by atoms with Gasteiger partial charge in [-0.15, -0.1) is 0 Å². The molecule has 0 unspecified atom stereocenters. The monoisotopic (exact) mass is 560 g/mol. The third-order valence-corrected chi connectivity index (χ3v) is 4.90. The second-order valence-corrected chi connectivity index (χ2v) is 8.65. The first-order valence-corrected chi connectivity index (χ1v) is 11.9. The highest BCUT2D eigenvalue weighted by atomic mass is 16.6. The van der Waals surface area contributed by atoms with Crippen molar-refractivity contribution >= 4 is 35.4 Å². The summed E-state index contributed by atoms with van der Waals surface area (Å²) in [5.74, 6) is -4.37. The van der Waals surface area contributed by atoms with Crippen molar-refractivity contribution in [2.24, 2.45) is 0 Å². The fourth-order valence-electron chi connectivity index (χ4n) is 2.75. The van der Waals surface area contributed by atoms with Crippen molar-refractivity contribution < 1.29 is 47.7 Å². The van der Waals surface area contributed by atoms with Gasteiger partial charge in [0, 0.05) is 34.9 Å². The van der Waals surface area contributed by atoms with E-state index in [2.05, 4.69) is 26.3 Å². The molecule has 212 valence electrons. The van der Waals surface area contributed by atoms with Crippen molar-refractivity contribution in [1.82, 2.24) is 0 Å². The molecule has 0 amide bonds. The summed E-state index contributed by atoms with van der Waals surface area (Å²) >= 11 is 0. The van der Waals surface area contributed by atoms with E-state index in [1.54, 1.807) is 6.92 Å². The van der Waals surface area contributed by atoms with Crippen molar-refractivity contribution in [3.05, 3.63) is 97.1 Å². The van der Waals surface area contributed by atoms with Crippen LogP contribution in [-0.2, 0) is 24.0 Å². The summed E-state index contributed by atoms with van der Waals surface area (Å²) in [5.41, 5.74) is 1.12. The summed E-state index contributed by atoms with van der Waals surface area (Å²) in [6.45, 7) is 19.8. The van der Waals surface area contributed by atoms with Crippen LogP contribution >= 0.6 is 0 Å². The van der Waals surface area contributed by atoms with Crippen LogP contribution in [-0.4, -0.2) is 29.8 Å². The lowest BCUT2D eigenvalue weighted by atomic mass is 10.1. The van der Waals surface area contributed by atoms with Gasteiger partial charge in [-0.25, -0.2) is 24.0 Å². The smallest absolute Gasteiger partial charge is 0.338 e. The van der Waals surface area contributed by atoms with Gasteiger partial charge in [-0.3, -0.25) is 0 Å². The fourth-order valence-corrected chi connectivity index (χ4v) is 2.75. The van der Waals surface area contributed by atoms with E-state index in [4.69, 9.17) is 23.7 Å². The average Bonchev–Trinajstić information content (AvgIpc) is 2.90. The number of ether oxygens (including phenoxy) is 5. The zero-order valence-electron chi connectivity index (χ0n) is 23.0. The molecule has 0 aliphatic heterocycles. The van der Waals surface area contributed by atoms with E-state index >= 15 is 0 Å². The van der Waals surface area contributed by atoms with Gasteiger partial charge in [-0.2, -0.15) is 0 Å². The molecular formula is C31H28O10. The molecule has 2 aromatic carbocycles. The minimum Gasteiger partial charge on any atom is -0.423 e. The highest BCUT2D eigenvalue weighted by Crippen LogP contribution is 2.34. The Labute approximate surface area is 236 Å². The molecule has 0 saturated carbocycles. The molecule has 41 heavy (non-hydrogen) atoms. The van der Waals surface area contributed by atoms with Crippen LogP contribution in [0.4, 0.5) is 0 Å². The van der Waals surface area contributed by atoms with E-state index in [1.165, 1.54) is 57.2 Å². The molecule has 0 bridgehead atoms. The van der Waals surface area contributed by atoms with Crippen LogP contribution in [0.25, 0.3) is 5.57 Å². The van der Waals surface area contributed by atoms with E-state index in [1.807, 2.05) is 0 Å². The fraction of sp³-hybridized carbons (Fsp3) is 0.129. The molecular weight excluding hydrogens is 532 g/mol. The Kier molecular flexibility index (Phi) is 10.9. The standard InChI is InChI=1S/C31H28O10/c1-9-27(32)38-23-12-10-21(15-25(23)40-30(35)18(4)5)20(8)14-28(33)39-24-13-11-22(37-29(34)17(2)3)16-26(24)41-31(36)19(6)7/h9-16H,1-2,4,6H2,3,5,7-8H3/b20-14+. The van der Waals surface area contributed by atoms with Crippen LogP contribution in [0.5, 0.6) is 28.7 Å². The van der Waals surface area contributed by atoms with Gasteiger partial charge >= 0.3 is 29.8 Å². The Balaban J connectivity index is 2.39. The van der Waals surface area contributed by atoms with Gasteiger partial charge in [0.25, 0.3) is 0 Å². The molecule has 0 atom stereocenters. The number of esters is 5. The summed E-state index contributed by atoms with van der Waals surface area (Å²) in [4.78, 5) is 60.6. The Bertz CT molecular complexity index is 1510. The summed E-state index contributed by atoms with van der Waals surface area (Å²) in [7, 11) is 0. The van der Waals surface area contributed by atoms with Crippen molar-refractivity contribution in [2.45, 2.75) is 27.7 Å². The average molecular weight is 561 g/mol. The topological polar surface area (TPSA) is 132 Å². The molecule has 0 radical (unpaired) electrons. The van der Waals surface area contributed by atoms with E-state index in [0.717, 1.165) is 12.2 Å². The van der Waals surface area contributed by atoms with E-state index in [-0.39, 0.29) is 45.5 Å². The summed E-state index contributed by atoms with van der Waals surface area (Å²) < 4.78 is 26.2. The Morgan fingerprint density at radius 2 is 1.05 bits per heavy atom. The number of benzene rings is 2. The maximum absolute atomic E-state index is 12.8. The zero-order valence-corrected chi connectivity index (χ0v) is 23.0. The third kappa shape index (κ3) is 9.32. The second kappa shape index (κ2) is 14.0. The number of carbonyl (C=O) groups is 5. The second-order valence-electron chi connectivity index (χ2n) is 8.65. The predicted octanol–water partition coefficient (Wildman–Crippen LogP) is 5.23. The van der Waals surface area contributed by atoms with Crippen LogP contribution in [0, 0.1) is 0 Å². The number of carbonyl (C=O) groups excluding carboxylic acids is 5. The van der Waals surface area contributed by atoms with Gasteiger partial charge < -0.3 is 23.7 Å². The van der Waals surface area contributed by atoms with Gasteiger partial charge in [0.2, 0.25) is 0 Å². The summed E-state index contributed by atoms with van der Waals surface area (Å²) in [5, 5.41) is 0. The first-order valence-electron chi connectivity index (χ1n) is 11.9. The maximum Gasteiger partial charge on any atom is 0.338 e. The first kappa shape index (κ1) is 31.7. The molecule has 0 spiro atoms. The number of hydrogen-bond donors (Lipinski definition) is 0. The van der Waals surface area contributed by atoms with Crippen molar-refractivity contribution in [3.8, 4) is 28.7 Å². The molecule has 0 aliphatic rings. The van der Waals surface area contributed by atoms with Crippen LogP contribution in [0.1, 0.15) is 33.3 Å². The molecule has 2 rings (SSSR count). The van der Waals surface area contributed by atoms with Gasteiger partial charge in [0.15, 0.2) is 23.0 Å². The van der Waals surface area contributed by atoms with E-state index < -0.39 is 29.8 Å². The SMILES string of the molecule is C=CC(=O)Oc1ccc(/C(C)=C/C(=O)Oc2ccc(OC(=O)C(=C)C)cc2OC(=O)C(=C)C)cc1OC(=O)C(=C)C. The summed E-state index contributed by atoms with van der Waals surface area (Å²) in [6.07, 6.45) is 2.08. The number of hydrogen-bond acceptors (Lipinski definition) is 10. The van der Waals surface area contributed by atoms with Crippen LogP contribution in [0.15, 0.2) is 91.6 Å². The molecule has 0 saturated heterocycles. The molecule has 0 aliphatic carbocycles. The minimum atomic E-state index is -0.857. The molecule has 10 heteroatoms. The zero-order chi connectivity index (χ0) is 30.9. The van der Waals surface area contributed by atoms with Crippen LogP contribution in [0.2, 0.25) is 0 Å². The lowest BCUT2D eigenvalue weighted by molar-refractivity contribution is -0.132. The van der Waals surface area contributed by atoms with E-state index in [0.29, 0.717) is 11.1 Å². The quantitative estimate of drug-likeness (QED) is 0.204. The van der Waals surface area contributed by atoms with Gasteiger partial charge in [-0.05, 0) is 63.1 Å². The van der Waals surface area contributed by atoms with E-state index in [9.17, 15) is 24.0 Å². The molecule has 0 N–H and O–H groups in total. The number of allylic oxidation sites excluding steroid dienone is 1. The lowest BCUT2D eigenvalue weighted by Crippen LogP contribution is -2.13. The highest BCUT2D eigenvalue weighted by molar-refractivity contribution is 5.94. The molecule has 2 aromatic rings. The predicted molar refractivity (Wildman–Crippen MR) is 149 cm³/mol. The minimum absolute atomic E-state index is 0.0168. The Hall–Kier alpha value is -5.51. The third-order valence-electron chi connectivity index (χ3n) is 4.90. The Morgan fingerprint density at radius 3 is 1.56 bits per heavy atom. The Morgan fingerprint density at radius 1 is 0.585 bits per heavy atom. The summed E-state index contributed by atoms with van der Waals surface area (Å²) in [6, 6.07) is 8.10. The van der Waals surface area contributed by atoms with Crippen LogP contribution in [0.3, 0.4) is 0 Å². The van der Waals surface area contributed by atoms with Gasteiger partial charge in [-0.1, -0.05) is 32.4 Å². The largest absolute Gasteiger partial charge is 0.423 e. The lowest BCUT2D eigenvalue weighted by Gasteiger charge is -2.13. The molecule has 10 nitrogen and oxygen atoms in total. The normalized spacial score (nSPS) is 10.5. The van der Waals surface area contributed by atoms with Crippen molar-refractivity contribution in [2.75, 3.05) is 0 Å². The highest BCUT2D eigenvalue weighted by Gasteiger charge is 2.18. The van der Waals surface area contributed by atoms with Gasteiger partial charge in [0.1, 0.15) is 5.75 Å². The van der Waals surface area contributed by atoms with Crippen molar-refractivity contribution in [1.29, 1.82) is 0 Å². The van der Waals surface area contributed by atoms with Gasteiger partial charge in [0.05, 0.1) is 0 Å². The van der Waals surface area contributed by atoms with Crippen molar-refractivity contribution in [3.63, 3.8) is 0 Å². The van der Waals surface area contributed by atoms with Crippen LogP contribution < -0.4 is 23.7 Å². The maximum atomic E-state index is 12.8. The molecule has 0 aromatic heterocycles. The number of rotatable bonds is 11. The molecule has 0 fully saturated rings. The molecule has 0 heterocycles.